The molecule has 1 atom stereocenters. The maximum atomic E-state index is 11.9. The molecule has 0 radical (unpaired) electrons. The van der Waals surface area contributed by atoms with Crippen molar-refractivity contribution in [2.45, 2.75) is 26.3 Å². The minimum absolute atomic E-state index is 0.0102. The zero-order valence-electron chi connectivity index (χ0n) is 12.0. The van der Waals surface area contributed by atoms with E-state index in [0.29, 0.717) is 11.3 Å². The van der Waals surface area contributed by atoms with Gasteiger partial charge in [0.05, 0.1) is 0 Å². The molecule has 1 unspecified atom stereocenters. The highest BCUT2D eigenvalue weighted by Crippen LogP contribution is 2.12. The van der Waals surface area contributed by atoms with Crippen LogP contribution in [0, 0.1) is 0 Å². The summed E-state index contributed by atoms with van der Waals surface area (Å²) < 4.78 is 5.42. The van der Waals surface area contributed by atoms with E-state index in [0.717, 1.165) is 6.42 Å². The number of ether oxygens (including phenoxy) is 1. The molecular weight excluding hydrogens is 258 g/mol. The minimum Gasteiger partial charge on any atom is -0.484 e. The number of likely N-dealkylation sites (N-methyl/N-ethyl adjacent to an activating group) is 1. The average molecular weight is 279 g/mol. The number of amidine groups is 1. The Morgan fingerprint density at radius 1 is 1.45 bits per heavy atom. The van der Waals surface area contributed by atoms with Gasteiger partial charge in [0.2, 0.25) is 0 Å². The molecule has 6 heteroatoms. The molecule has 0 saturated carbocycles. The number of nitrogens with zero attached hydrogens (tertiary/aromatic N) is 2. The van der Waals surface area contributed by atoms with Crippen LogP contribution >= 0.6 is 0 Å². The zero-order valence-corrected chi connectivity index (χ0v) is 12.0. The van der Waals surface area contributed by atoms with E-state index in [9.17, 15) is 4.79 Å². The SMILES string of the molecule is CCC(C)N(C)C(=O)COc1ccc(/C(N)=N/O)cc1. The molecule has 6 nitrogen and oxygen atoms in total. The summed E-state index contributed by atoms with van der Waals surface area (Å²) in [5.41, 5.74) is 6.04. The third-order valence-corrected chi connectivity index (χ3v) is 3.27. The lowest BCUT2D eigenvalue weighted by atomic mass is 10.2. The molecule has 1 amide bonds. The summed E-state index contributed by atoms with van der Waals surface area (Å²) in [6.07, 6.45) is 0.900. The number of benzene rings is 1. The normalized spacial score (nSPS) is 12.8. The third kappa shape index (κ3) is 4.15. The number of rotatable bonds is 6. The Labute approximate surface area is 118 Å². The molecule has 0 aromatic heterocycles. The fourth-order valence-electron chi connectivity index (χ4n) is 1.55. The molecule has 20 heavy (non-hydrogen) atoms. The Morgan fingerprint density at radius 2 is 2.05 bits per heavy atom. The van der Waals surface area contributed by atoms with Gasteiger partial charge in [-0.05, 0) is 37.6 Å². The summed E-state index contributed by atoms with van der Waals surface area (Å²) in [5.74, 6) is 0.523. The van der Waals surface area contributed by atoms with Gasteiger partial charge in [0.25, 0.3) is 5.91 Å². The summed E-state index contributed by atoms with van der Waals surface area (Å²) in [7, 11) is 1.77. The van der Waals surface area contributed by atoms with Gasteiger partial charge < -0.3 is 20.6 Å². The van der Waals surface area contributed by atoms with Crippen LogP contribution in [0.15, 0.2) is 29.4 Å². The predicted molar refractivity (Wildman–Crippen MR) is 77.0 cm³/mol. The Balaban J connectivity index is 2.56. The molecule has 0 spiro atoms. The zero-order chi connectivity index (χ0) is 15.1. The first-order valence-corrected chi connectivity index (χ1v) is 6.46. The fraction of sp³-hybridized carbons (Fsp3) is 0.429. The van der Waals surface area contributed by atoms with Crippen molar-refractivity contribution in [3.8, 4) is 5.75 Å². The van der Waals surface area contributed by atoms with Gasteiger partial charge in [0.15, 0.2) is 12.4 Å². The number of hydrogen-bond donors (Lipinski definition) is 2. The quantitative estimate of drug-likeness (QED) is 0.357. The topological polar surface area (TPSA) is 88.2 Å². The minimum atomic E-state index is -0.0696. The predicted octanol–water partition coefficient (Wildman–Crippen LogP) is 1.42. The van der Waals surface area contributed by atoms with E-state index in [4.69, 9.17) is 15.7 Å². The Morgan fingerprint density at radius 3 is 2.55 bits per heavy atom. The molecule has 0 aliphatic rings. The highest BCUT2D eigenvalue weighted by molar-refractivity contribution is 5.97. The lowest BCUT2D eigenvalue weighted by Gasteiger charge is -2.23. The highest BCUT2D eigenvalue weighted by atomic mass is 16.5. The highest BCUT2D eigenvalue weighted by Gasteiger charge is 2.14. The summed E-state index contributed by atoms with van der Waals surface area (Å²) in [6, 6.07) is 6.85. The van der Waals surface area contributed by atoms with Crippen molar-refractivity contribution in [3.63, 3.8) is 0 Å². The number of amides is 1. The number of nitrogens with two attached hydrogens (primary N) is 1. The van der Waals surface area contributed by atoms with Crippen LogP contribution in [0.1, 0.15) is 25.8 Å². The van der Waals surface area contributed by atoms with Crippen molar-refractivity contribution < 1.29 is 14.7 Å². The van der Waals surface area contributed by atoms with Gasteiger partial charge in [-0.15, -0.1) is 0 Å². The first kappa shape index (κ1) is 15.8. The molecule has 1 aromatic carbocycles. The van der Waals surface area contributed by atoms with Gasteiger partial charge >= 0.3 is 0 Å². The molecule has 0 heterocycles. The molecule has 0 saturated heterocycles. The molecule has 1 rings (SSSR count). The van der Waals surface area contributed by atoms with Gasteiger partial charge in [0, 0.05) is 18.7 Å². The Bertz CT molecular complexity index is 471. The summed E-state index contributed by atoms with van der Waals surface area (Å²) >= 11 is 0. The third-order valence-electron chi connectivity index (χ3n) is 3.27. The van der Waals surface area contributed by atoms with Crippen molar-refractivity contribution in [2.75, 3.05) is 13.7 Å². The van der Waals surface area contributed by atoms with E-state index in [-0.39, 0.29) is 24.4 Å². The monoisotopic (exact) mass is 279 g/mol. The summed E-state index contributed by atoms with van der Waals surface area (Å²) in [4.78, 5) is 13.5. The summed E-state index contributed by atoms with van der Waals surface area (Å²) in [6.45, 7) is 4.01. The van der Waals surface area contributed by atoms with Crippen LogP contribution in [0.5, 0.6) is 5.75 Å². The molecule has 0 aliphatic carbocycles. The first-order chi connectivity index (χ1) is 9.49. The van der Waals surface area contributed by atoms with Crippen molar-refractivity contribution in [3.05, 3.63) is 29.8 Å². The molecule has 1 aromatic rings. The van der Waals surface area contributed by atoms with Gasteiger partial charge in [0.1, 0.15) is 5.75 Å². The van der Waals surface area contributed by atoms with E-state index in [1.54, 1.807) is 36.2 Å². The van der Waals surface area contributed by atoms with Gasteiger partial charge in [-0.25, -0.2) is 0 Å². The largest absolute Gasteiger partial charge is 0.484 e. The van der Waals surface area contributed by atoms with Crippen LogP contribution in [0.2, 0.25) is 0 Å². The van der Waals surface area contributed by atoms with Crippen molar-refractivity contribution in [1.29, 1.82) is 0 Å². The van der Waals surface area contributed by atoms with E-state index >= 15 is 0 Å². The van der Waals surface area contributed by atoms with Crippen LogP contribution in [-0.2, 0) is 4.79 Å². The second-order valence-electron chi connectivity index (χ2n) is 4.56. The standard InChI is InChI=1S/C14H21N3O3/c1-4-10(2)17(3)13(18)9-20-12-7-5-11(6-8-12)14(15)16-19/h5-8,10,19H,4,9H2,1-3H3,(H2,15,16). The smallest absolute Gasteiger partial charge is 0.260 e. The van der Waals surface area contributed by atoms with E-state index in [1.807, 2.05) is 13.8 Å². The van der Waals surface area contributed by atoms with Gasteiger partial charge in [-0.2, -0.15) is 0 Å². The number of carbonyl (C=O) groups is 1. The van der Waals surface area contributed by atoms with E-state index in [1.165, 1.54) is 0 Å². The maximum absolute atomic E-state index is 11.9. The number of oxime groups is 1. The van der Waals surface area contributed by atoms with E-state index in [2.05, 4.69) is 5.16 Å². The van der Waals surface area contributed by atoms with Crippen molar-refractivity contribution in [1.82, 2.24) is 4.90 Å². The fourth-order valence-corrected chi connectivity index (χ4v) is 1.55. The second-order valence-corrected chi connectivity index (χ2v) is 4.56. The molecule has 0 aliphatic heterocycles. The van der Waals surface area contributed by atoms with E-state index < -0.39 is 0 Å². The molecule has 0 fully saturated rings. The van der Waals surface area contributed by atoms with Crippen LogP contribution in [0.3, 0.4) is 0 Å². The second kappa shape index (κ2) is 7.37. The van der Waals surface area contributed by atoms with Gasteiger partial charge in [-0.3, -0.25) is 4.79 Å². The van der Waals surface area contributed by atoms with Crippen LogP contribution < -0.4 is 10.5 Å². The lowest BCUT2D eigenvalue weighted by molar-refractivity contribution is -0.133. The molecule has 110 valence electrons. The molecular formula is C14H21N3O3. The first-order valence-electron chi connectivity index (χ1n) is 6.46. The average Bonchev–Trinajstić information content (AvgIpc) is 2.50. The Hall–Kier alpha value is -2.24. The Kier molecular flexibility index (Phi) is 5.83. The van der Waals surface area contributed by atoms with Crippen molar-refractivity contribution in [2.24, 2.45) is 10.9 Å². The van der Waals surface area contributed by atoms with Gasteiger partial charge in [-0.1, -0.05) is 12.1 Å². The number of hydrogen-bond acceptors (Lipinski definition) is 4. The van der Waals surface area contributed by atoms with Crippen molar-refractivity contribution >= 4 is 11.7 Å². The number of carbonyl (C=O) groups excluding carboxylic acids is 1. The van der Waals surface area contributed by atoms with Crippen LogP contribution in [0.4, 0.5) is 0 Å². The lowest BCUT2D eigenvalue weighted by Crippen LogP contribution is -2.37. The maximum Gasteiger partial charge on any atom is 0.260 e. The summed E-state index contributed by atoms with van der Waals surface area (Å²) in [5, 5.41) is 11.5. The molecule has 3 N–H and O–H groups in total. The van der Waals surface area contributed by atoms with Crippen LogP contribution in [-0.4, -0.2) is 41.5 Å². The molecule has 0 bridgehead atoms. The van der Waals surface area contributed by atoms with Crippen LogP contribution in [0.25, 0.3) is 0 Å².